The standard InChI is InChI=1S/C11H15Cl/c1-8(2)10-4-6-11(7-5-10)9(3)12/h4-9H,1-3H3/t9-/m0/s1. The van der Waals surface area contributed by atoms with Gasteiger partial charge in [0.15, 0.2) is 0 Å². The van der Waals surface area contributed by atoms with Crippen molar-refractivity contribution in [2.45, 2.75) is 32.1 Å². The smallest absolute Gasteiger partial charge is 0.0557 e. The van der Waals surface area contributed by atoms with E-state index in [1.165, 1.54) is 11.1 Å². The normalized spacial score (nSPS) is 13.4. The first-order chi connectivity index (χ1) is 5.61. The van der Waals surface area contributed by atoms with Gasteiger partial charge in [0.05, 0.1) is 5.38 Å². The molecule has 0 radical (unpaired) electrons. The van der Waals surface area contributed by atoms with Gasteiger partial charge in [0.25, 0.3) is 0 Å². The highest BCUT2D eigenvalue weighted by Crippen LogP contribution is 2.21. The van der Waals surface area contributed by atoms with Gasteiger partial charge in [0.1, 0.15) is 0 Å². The monoisotopic (exact) mass is 182 g/mol. The van der Waals surface area contributed by atoms with Crippen LogP contribution in [-0.4, -0.2) is 0 Å². The second kappa shape index (κ2) is 3.95. The summed E-state index contributed by atoms with van der Waals surface area (Å²) in [4.78, 5) is 0. The fourth-order valence-electron chi connectivity index (χ4n) is 1.15. The maximum atomic E-state index is 5.94. The van der Waals surface area contributed by atoms with Crippen molar-refractivity contribution < 1.29 is 0 Å². The highest BCUT2D eigenvalue weighted by molar-refractivity contribution is 6.20. The van der Waals surface area contributed by atoms with Gasteiger partial charge in [-0.05, 0) is 24.0 Å². The number of hydrogen-bond acceptors (Lipinski definition) is 0. The maximum absolute atomic E-state index is 5.94. The van der Waals surface area contributed by atoms with Crippen molar-refractivity contribution in [3.8, 4) is 0 Å². The molecule has 0 saturated heterocycles. The van der Waals surface area contributed by atoms with Gasteiger partial charge < -0.3 is 0 Å². The van der Waals surface area contributed by atoms with E-state index in [1.807, 2.05) is 6.92 Å². The Hall–Kier alpha value is -0.490. The second-order valence-electron chi connectivity index (χ2n) is 3.44. The predicted octanol–water partition coefficient (Wildman–Crippen LogP) is 4.11. The molecule has 0 bridgehead atoms. The fourth-order valence-corrected chi connectivity index (χ4v) is 1.29. The summed E-state index contributed by atoms with van der Waals surface area (Å²) in [6.07, 6.45) is 0. The van der Waals surface area contributed by atoms with Crippen LogP contribution in [0.4, 0.5) is 0 Å². The first kappa shape index (κ1) is 9.60. The lowest BCUT2D eigenvalue weighted by molar-refractivity contribution is 0.864. The summed E-state index contributed by atoms with van der Waals surface area (Å²) in [5, 5.41) is 0.117. The molecule has 0 aromatic heterocycles. The molecule has 1 atom stereocenters. The third-order valence-electron chi connectivity index (χ3n) is 2.06. The van der Waals surface area contributed by atoms with Crippen molar-refractivity contribution >= 4 is 11.6 Å². The van der Waals surface area contributed by atoms with Crippen LogP contribution in [0.1, 0.15) is 43.2 Å². The van der Waals surface area contributed by atoms with E-state index in [-0.39, 0.29) is 5.38 Å². The molecule has 0 N–H and O–H groups in total. The quantitative estimate of drug-likeness (QED) is 0.604. The van der Waals surface area contributed by atoms with E-state index in [0.29, 0.717) is 5.92 Å². The van der Waals surface area contributed by atoms with Crippen LogP contribution >= 0.6 is 11.6 Å². The molecule has 0 fully saturated rings. The van der Waals surface area contributed by atoms with Crippen LogP contribution in [-0.2, 0) is 0 Å². The van der Waals surface area contributed by atoms with E-state index in [2.05, 4.69) is 38.1 Å². The Kier molecular flexibility index (Phi) is 3.16. The number of halogens is 1. The zero-order valence-electron chi connectivity index (χ0n) is 7.84. The topological polar surface area (TPSA) is 0 Å². The molecule has 0 aliphatic rings. The molecule has 0 amide bonds. The average Bonchev–Trinajstić information content (AvgIpc) is 2.04. The molecule has 1 heteroatoms. The maximum Gasteiger partial charge on any atom is 0.0557 e. The summed E-state index contributed by atoms with van der Waals surface area (Å²) in [5.74, 6) is 0.602. The minimum absolute atomic E-state index is 0.117. The van der Waals surface area contributed by atoms with Gasteiger partial charge >= 0.3 is 0 Å². The third kappa shape index (κ3) is 2.25. The molecule has 0 spiro atoms. The largest absolute Gasteiger partial charge is 0.118 e. The van der Waals surface area contributed by atoms with Gasteiger partial charge in [0.2, 0.25) is 0 Å². The van der Waals surface area contributed by atoms with E-state index in [4.69, 9.17) is 11.6 Å². The van der Waals surface area contributed by atoms with Gasteiger partial charge in [-0.25, -0.2) is 0 Å². The van der Waals surface area contributed by atoms with Crippen LogP contribution in [0, 0.1) is 0 Å². The molecular weight excluding hydrogens is 168 g/mol. The Morgan fingerprint density at radius 2 is 1.33 bits per heavy atom. The van der Waals surface area contributed by atoms with Crippen molar-refractivity contribution in [3.05, 3.63) is 35.4 Å². The summed E-state index contributed by atoms with van der Waals surface area (Å²) in [7, 11) is 0. The molecule has 0 aliphatic carbocycles. The lowest BCUT2D eigenvalue weighted by atomic mass is 10.0. The van der Waals surface area contributed by atoms with Crippen LogP contribution in [0.5, 0.6) is 0 Å². The molecule has 0 heterocycles. The molecule has 0 nitrogen and oxygen atoms in total. The Labute approximate surface area is 79.6 Å². The van der Waals surface area contributed by atoms with Gasteiger partial charge in [-0.3, -0.25) is 0 Å². The Morgan fingerprint density at radius 3 is 1.67 bits per heavy atom. The van der Waals surface area contributed by atoms with E-state index in [0.717, 1.165) is 0 Å². The predicted molar refractivity (Wildman–Crippen MR) is 54.8 cm³/mol. The number of alkyl halides is 1. The zero-order valence-corrected chi connectivity index (χ0v) is 8.60. The van der Waals surface area contributed by atoms with Crippen LogP contribution in [0.3, 0.4) is 0 Å². The van der Waals surface area contributed by atoms with Crippen molar-refractivity contribution in [2.24, 2.45) is 0 Å². The molecule has 12 heavy (non-hydrogen) atoms. The number of rotatable bonds is 2. The molecule has 66 valence electrons. The molecular formula is C11H15Cl. The highest BCUT2D eigenvalue weighted by Gasteiger charge is 2.01. The van der Waals surface area contributed by atoms with E-state index in [1.54, 1.807) is 0 Å². The molecule has 0 saturated carbocycles. The minimum Gasteiger partial charge on any atom is -0.118 e. The lowest BCUT2D eigenvalue weighted by Crippen LogP contribution is -1.89. The summed E-state index contributed by atoms with van der Waals surface area (Å²) >= 11 is 5.94. The highest BCUT2D eigenvalue weighted by atomic mass is 35.5. The Morgan fingerprint density at radius 1 is 0.917 bits per heavy atom. The number of hydrogen-bond donors (Lipinski definition) is 0. The molecule has 1 aromatic carbocycles. The van der Waals surface area contributed by atoms with Gasteiger partial charge in [-0.1, -0.05) is 38.1 Å². The third-order valence-corrected chi connectivity index (χ3v) is 2.31. The summed E-state index contributed by atoms with van der Waals surface area (Å²) < 4.78 is 0. The Balaban J connectivity index is 2.86. The van der Waals surface area contributed by atoms with Gasteiger partial charge in [-0.15, -0.1) is 11.6 Å². The SMILES string of the molecule is CC(C)c1ccc([C@H](C)Cl)cc1. The van der Waals surface area contributed by atoms with Crippen molar-refractivity contribution in [3.63, 3.8) is 0 Å². The lowest BCUT2D eigenvalue weighted by Gasteiger charge is -2.07. The summed E-state index contributed by atoms with van der Waals surface area (Å²) in [6, 6.07) is 8.51. The van der Waals surface area contributed by atoms with Crippen LogP contribution < -0.4 is 0 Å². The molecule has 1 rings (SSSR count). The van der Waals surface area contributed by atoms with E-state index >= 15 is 0 Å². The van der Waals surface area contributed by atoms with Crippen LogP contribution in [0.25, 0.3) is 0 Å². The first-order valence-electron chi connectivity index (χ1n) is 4.35. The molecule has 0 aliphatic heterocycles. The van der Waals surface area contributed by atoms with Gasteiger partial charge in [-0.2, -0.15) is 0 Å². The zero-order chi connectivity index (χ0) is 9.14. The van der Waals surface area contributed by atoms with Crippen LogP contribution in [0.15, 0.2) is 24.3 Å². The average molecular weight is 183 g/mol. The van der Waals surface area contributed by atoms with Crippen molar-refractivity contribution in [1.29, 1.82) is 0 Å². The van der Waals surface area contributed by atoms with Crippen LogP contribution in [0.2, 0.25) is 0 Å². The summed E-state index contributed by atoms with van der Waals surface area (Å²) in [6.45, 7) is 6.38. The van der Waals surface area contributed by atoms with E-state index < -0.39 is 0 Å². The number of benzene rings is 1. The molecule has 1 aromatic rings. The van der Waals surface area contributed by atoms with Crippen molar-refractivity contribution in [2.75, 3.05) is 0 Å². The summed E-state index contributed by atoms with van der Waals surface area (Å²) in [5.41, 5.74) is 2.57. The minimum atomic E-state index is 0.117. The second-order valence-corrected chi connectivity index (χ2v) is 4.09. The Bertz CT molecular complexity index is 207. The molecule has 0 unspecified atom stereocenters. The van der Waals surface area contributed by atoms with Gasteiger partial charge in [0, 0.05) is 0 Å². The fraction of sp³-hybridized carbons (Fsp3) is 0.455. The first-order valence-corrected chi connectivity index (χ1v) is 4.79. The van der Waals surface area contributed by atoms with Crippen molar-refractivity contribution in [1.82, 2.24) is 0 Å². The van der Waals surface area contributed by atoms with E-state index in [9.17, 15) is 0 Å².